The summed E-state index contributed by atoms with van der Waals surface area (Å²) in [5.74, 6) is -0.460. The lowest BCUT2D eigenvalue weighted by atomic mass is 10.2. The monoisotopic (exact) mass is 418 g/mol. The zero-order valence-electron chi connectivity index (χ0n) is 16.0. The van der Waals surface area contributed by atoms with Gasteiger partial charge in [-0.25, -0.2) is 8.42 Å². The number of aromatic nitrogens is 3. The van der Waals surface area contributed by atoms with Gasteiger partial charge in [0.25, 0.3) is 5.91 Å². The summed E-state index contributed by atoms with van der Waals surface area (Å²) >= 11 is 0. The van der Waals surface area contributed by atoms with Crippen molar-refractivity contribution in [2.45, 2.75) is 9.79 Å². The van der Waals surface area contributed by atoms with Crippen LogP contribution < -0.4 is 5.32 Å². The lowest BCUT2D eigenvalue weighted by Crippen LogP contribution is -2.21. The molecule has 0 saturated carbocycles. The molecule has 0 bridgehead atoms. The van der Waals surface area contributed by atoms with Gasteiger partial charge in [0.2, 0.25) is 9.84 Å². The van der Waals surface area contributed by atoms with Crippen LogP contribution in [0.3, 0.4) is 0 Å². The molecule has 7 nitrogen and oxygen atoms in total. The number of carbonyl (C=O) groups excluding carboxylic acids is 1. The molecule has 30 heavy (non-hydrogen) atoms. The number of H-pyrrole nitrogens is 1. The highest BCUT2D eigenvalue weighted by Crippen LogP contribution is 2.28. The Balaban J connectivity index is 1.73. The predicted molar refractivity (Wildman–Crippen MR) is 115 cm³/mol. The normalized spacial score (nSPS) is 11.8. The molecule has 0 radical (unpaired) electrons. The van der Waals surface area contributed by atoms with Crippen molar-refractivity contribution in [3.8, 4) is 0 Å². The van der Waals surface area contributed by atoms with Gasteiger partial charge in [0.05, 0.1) is 32.3 Å². The molecule has 2 N–H and O–H groups in total. The van der Waals surface area contributed by atoms with Gasteiger partial charge in [-0.1, -0.05) is 18.2 Å². The second kappa shape index (κ2) is 7.92. The van der Waals surface area contributed by atoms with E-state index in [1.54, 1.807) is 24.4 Å². The van der Waals surface area contributed by atoms with Crippen LogP contribution in [0.15, 0.2) is 76.7 Å². The minimum atomic E-state index is -3.90. The van der Waals surface area contributed by atoms with E-state index in [0.717, 1.165) is 11.1 Å². The smallest absolute Gasteiger partial charge is 0.252 e. The molecule has 0 aliphatic carbocycles. The maximum atomic E-state index is 13.2. The zero-order chi connectivity index (χ0) is 21.1. The van der Waals surface area contributed by atoms with Gasteiger partial charge < -0.3 is 5.32 Å². The Morgan fingerprint density at radius 3 is 2.60 bits per heavy atom. The highest BCUT2D eigenvalue weighted by atomic mass is 32.2. The molecule has 8 heteroatoms. The number of aromatic amines is 1. The van der Waals surface area contributed by atoms with Gasteiger partial charge in [0.15, 0.2) is 0 Å². The summed E-state index contributed by atoms with van der Waals surface area (Å²) in [7, 11) is -2.44. The van der Waals surface area contributed by atoms with Crippen molar-refractivity contribution < 1.29 is 13.2 Å². The molecule has 0 saturated heterocycles. The molecular weight excluding hydrogens is 400 g/mol. The number of hydrogen-bond acceptors (Lipinski definition) is 5. The third-order valence-corrected chi connectivity index (χ3v) is 6.43. The van der Waals surface area contributed by atoms with E-state index in [0.29, 0.717) is 11.2 Å². The largest absolute Gasteiger partial charge is 0.355 e. The minimum absolute atomic E-state index is 0.0431. The Hall–Kier alpha value is -3.78. The SMILES string of the molecule is CNC(=O)c1ccccc1S(=O)(=O)c1ccc2c(C=Cc3ccccn3)n[nH]c2c1. The van der Waals surface area contributed by atoms with Gasteiger partial charge in [-0.15, -0.1) is 0 Å². The van der Waals surface area contributed by atoms with Gasteiger partial charge in [-0.3, -0.25) is 14.9 Å². The highest BCUT2D eigenvalue weighted by molar-refractivity contribution is 7.91. The topological polar surface area (TPSA) is 105 Å². The number of nitrogens with zero attached hydrogens (tertiary/aromatic N) is 2. The van der Waals surface area contributed by atoms with Crippen LogP contribution in [0, 0.1) is 0 Å². The van der Waals surface area contributed by atoms with Crippen molar-refractivity contribution >= 4 is 38.8 Å². The van der Waals surface area contributed by atoms with E-state index < -0.39 is 15.7 Å². The van der Waals surface area contributed by atoms with Crippen molar-refractivity contribution in [2.24, 2.45) is 0 Å². The molecule has 150 valence electrons. The van der Waals surface area contributed by atoms with Crippen LogP contribution in [0.1, 0.15) is 21.7 Å². The summed E-state index contributed by atoms with van der Waals surface area (Å²) in [4.78, 5) is 16.4. The number of sulfone groups is 1. The van der Waals surface area contributed by atoms with E-state index in [4.69, 9.17) is 0 Å². The highest BCUT2D eigenvalue weighted by Gasteiger charge is 2.24. The van der Waals surface area contributed by atoms with Crippen LogP contribution >= 0.6 is 0 Å². The van der Waals surface area contributed by atoms with Crippen molar-refractivity contribution in [1.29, 1.82) is 0 Å². The third kappa shape index (κ3) is 3.60. The molecule has 2 heterocycles. The van der Waals surface area contributed by atoms with E-state index in [1.165, 1.54) is 31.3 Å². The second-order valence-electron chi connectivity index (χ2n) is 6.48. The molecular formula is C22H18N4O3S. The van der Waals surface area contributed by atoms with Gasteiger partial charge in [-0.05, 0) is 54.6 Å². The number of amides is 1. The third-order valence-electron chi connectivity index (χ3n) is 4.62. The van der Waals surface area contributed by atoms with Crippen molar-refractivity contribution in [1.82, 2.24) is 20.5 Å². The first-order chi connectivity index (χ1) is 14.5. The van der Waals surface area contributed by atoms with Gasteiger partial charge in [0.1, 0.15) is 0 Å². The van der Waals surface area contributed by atoms with Gasteiger partial charge in [-0.2, -0.15) is 5.10 Å². The summed E-state index contributed by atoms with van der Waals surface area (Å²) < 4.78 is 26.4. The molecule has 1 amide bonds. The lowest BCUT2D eigenvalue weighted by molar-refractivity contribution is 0.0960. The summed E-state index contributed by atoms with van der Waals surface area (Å²) in [5.41, 5.74) is 2.14. The minimum Gasteiger partial charge on any atom is -0.355 e. The molecule has 0 fully saturated rings. The zero-order valence-corrected chi connectivity index (χ0v) is 16.8. The fourth-order valence-corrected chi connectivity index (χ4v) is 4.59. The number of benzene rings is 2. The summed E-state index contributed by atoms with van der Waals surface area (Å²) in [6.45, 7) is 0. The second-order valence-corrected chi connectivity index (χ2v) is 8.40. The number of pyridine rings is 1. The van der Waals surface area contributed by atoms with E-state index >= 15 is 0 Å². The molecule has 0 aliphatic rings. The maximum Gasteiger partial charge on any atom is 0.252 e. The summed E-state index contributed by atoms with van der Waals surface area (Å²) in [6.07, 6.45) is 5.35. The summed E-state index contributed by atoms with van der Waals surface area (Å²) in [5, 5.41) is 10.4. The van der Waals surface area contributed by atoms with E-state index in [9.17, 15) is 13.2 Å². The van der Waals surface area contributed by atoms with Crippen LogP contribution in [0.25, 0.3) is 23.1 Å². The quantitative estimate of drug-likeness (QED) is 0.517. The van der Waals surface area contributed by atoms with E-state index in [-0.39, 0.29) is 15.4 Å². The number of rotatable bonds is 5. The Kier molecular flexibility index (Phi) is 5.16. The average molecular weight is 418 g/mol. The van der Waals surface area contributed by atoms with Crippen molar-refractivity contribution in [2.75, 3.05) is 7.05 Å². The Labute approximate surface area is 173 Å². The number of nitrogens with one attached hydrogen (secondary N) is 2. The number of carbonyl (C=O) groups is 1. The molecule has 0 aliphatic heterocycles. The van der Waals surface area contributed by atoms with Crippen molar-refractivity contribution in [3.63, 3.8) is 0 Å². The lowest BCUT2D eigenvalue weighted by Gasteiger charge is -2.09. The van der Waals surface area contributed by atoms with Crippen molar-refractivity contribution in [3.05, 3.63) is 83.8 Å². The standard InChI is InChI=1S/C22H18N4O3S/c1-23-22(27)18-7-2-3-8-21(18)30(28,29)16-10-11-17-19(25-26-20(17)14-16)12-9-15-6-4-5-13-24-15/h2-14H,1H3,(H,23,27)(H,25,26). The van der Waals surface area contributed by atoms with Gasteiger partial charge in [0, 0.05) is 18.6 Å². The molecule has 4 rings (SSSR count). The molecule has 0 unspecified atom stereocenters. The average Bonchev–Trinajstić information content (AvgIpc) is 3.20. The Bertz CT molecular complexity index is 1360. The van der Waals surface area contributed by atoms with Crippen LogP contribution in [0.2, 0.25) is 0 Å². The predicted octanol–water partition coefficient (Wildman–Crippen LogP) is 3.32. The first-order valence-corrected chi connectivity index (χ1v) is 10.6. The first-order valence-electron chi connectivity index (χ1n) is 9.14. The fraction of sp³-hybridized carbons (Fsp3) is 0.0455. The Morgan fingerprint density at radius 1 is 1.03 bits per heavy atom. The van der Waals surface area contributed by atoms with Crippen LogP contribution in [-0.4, -0.2) is 36.6 Å². The summed E-state index contributed by atoms with van der Waals surface area (Å²) in [6, 6.07) is 16.5. The van der Waals surface area contributed by atoms with Crippen LogP contribution in [0.4, 0.5) is 0 Å². The van der Waals surface area contributed by atoms with E-state index in [1.807, 2.05) is 30.4 Å². The van der Waals surface area contributed by atoms with Gasteiger partial charge >= 0.3 is 0 Å². The molecule has 0 atom stereocenters. The molecule has 0 spiro atoms. The Morgan fingerprint density at radius 2 is 1.83 bits per heavy atom. The molecule has 2 aromatic carbocycles. The maximum absolute atomic E-state index is 13.2. The van der Waals surface area contributed by atoms with E-state index in [2.05, 4.69) is 20.5 Å². The molecule has 2 aromatic heterocycles. The van der Waals surface area contributed by atoms with Crippen LogP contribution in [-0.2, 0) is 9.84 Å². The van der Waals surface area contributed by atoms with Crippen LogP contribution in [0.5, 0.6) is 0 Å². The molecule has 4 aromatic rings. The fourth-order valence-electron chi connectivity index (χ4n) is 3.10. The first kappa shape index (κ1) is 19.5. The number of fused-ring (bicyclic) bond motifs is 1. The number of hydrogen-bond donors (Lipinski definition) is 2.